The van der Waals surface area contributed by atoms with E-state index in [0.29, 0.717) is 63.9 Å². The third-order valence-corrected chi connectivity index (χ3v) is 6.88. The van der Waals surface area contributed by atoms with Crippen LogP contribution < -0.4 is 13.7 Å². The second-order valence-corrected chi connectivity index (χ2v) is 10.1. The maximum absolute atomic E-state index is 12.4. The van der Waals surface area contributed by atoms with Crippen molar-refractivity contribution in [2.75, 3.05) is 66.8 Å². The van der Waals surface area contributed by atoms with Crippen molar-refractivity contribution in [3.05, 3.63) is 47.5 Å². The summed E-state index contributed by atoms with van der Waals surface area (Å²) in [6.45, 7) is 3.77. The van der Waals surface area contributed by atoms with Crippen molar-refractivity contribution in [2.45, 2.75) is 5.51 Å². The molecule has 2 fully saturated rings. The molecule has 0 unspecified atom stereocenters. The molecule has 2 aromatic carbocycles. The highest BCUT2D eigenvalue weighted by molar-refractivity contribution is 7.88. The first-order valence-electron chi connectivity index (χ1n) is 12.2. The first kappa shape index (κ1) is 31.8. The van der Waals surface area contributed by atoms with Gasteiger partial charge in [0.25, 0.3) is 11.8 Å². The average molecular weight is 607 g/mol. The largest absolute Gasteiger partial charge is 0.534 e. The fourth-order valence-corrected chi connectivity index (χ4v) is 4.26. The van der Waals surface area contributed by atoms with Crippen molar-refractivity contribution in [1.29, 1.82) is 0 Å². The number of halogens is 3. The van der Waals surface area contributed by atoms with Crippen LogP contribution in [0.3, 0.4) is 0 Å². The van der Waals surface area contributed by atoms with Gasteiger partial charge in [0, 0.05) is 38.3 Å². The summed E-state index contributed by atoms with van der Waals surface area (Å²) in [5.41, 5.74) is -5.01. The van der Waals surface area contributed by atoms with E-state index in [1.54, 1.807) is 11.0 Å². The van der Waals surface area contributed by atoms with Crippen molar-refractivity contribution in [1.82, 2.24) is 9.80 Å². The zero-order valence-electron chi connectivity index (χ0n) is 22.2. The number of phenols is 1. The number of morpholine rings is 2. The first-order valence-corrected chi connectivity index (χ1v) is 13.6. The minimum Gasteiger partial charge on any atom is -0.508 e. The van der Waals surface area contributed by atoms with Gasteiger partial charge in [-0.05, 0) is 24.3 Å². The predicted molar refractivity (Wildman–Crippen MR) is 137 cm³/mol. The van der Waals surface area contributed by atoms with E-state index >= 15 is 0 Å². The topological polar surface area (TPSA) is 141 Å². The number of amides is 2. The lowest BCUT2D eigenvalue weighted by Gasteiger charge is -2.27. The first-order chi connectivity index (χ1) is 19.4. The molecule has 2 aliphatic heterocycles. The Morgan fingerprint density at radius 1 is 0.805 bits per heavy atom. The molecule has 2 amide bonds. The molecule has 4 rings (SSSR count). The van der Waals surface area contributed by atoms with Crippen molar-refractivity contribution in [2.24, 2.45) is 0 Å². The number of phenolic OH excluding ortho intramolecular Hbond substituents is 1. The van der Waals surface area contributed by atoms with Gasteiger partial charge in [0.1, 0.15) is 23.0 Å². The zero-order valence-corrected chi connectivity index (χ0v) is 23.0. The molecular weight excluding hydrogens is 577 g/mol. The number of hydrogen-bond acceptors (Lipinski definition) is 10. The quantitative estimate of drug-likeness (QED) is 0.385. The van der Waals surface area contributed by atoms with Crippen LogP contribution in [0.1, 0.15) is 20.7 Å². The van der Waals surface area contributed by atoms with Crippen LogP contribution in [0, 0.1) is 0 Å². The van der Waals surface area contributed by atoms with E-state index in [1.165, 1.54) is 31.3 Å². The number of rotatable bonds is 6. The van der Waals surface area contributed by atoms with Crippen LogP contribution in [0.5, 0.6) is 23.0 Å². The van der Waals surface area contributed by atoms with Crippen LogP contribution in [-0.4, -0.2) is 107 Å². The molecule has 2 heterocycles. The van der Waals surface area contributed by atoms with Gasteiger partial charge in [0.2, 0.25) is 0 Å². The van der Waals surface area contributed by atoms with Crippen molar-refractivity contribution in [3.8, 4) is 23.0 Å². The molecule has 0 radical (unpaired) electrons. The maximum Gasteiger partial charge on any atom is 0.534 e. The van der Waals surface area contributed by atoms with Gasteiger partial charge in [0.05, 0.1) is 51.8 Å². The number of alkyl halides is 3. The Morgan fingerprint density at radius 2 is 1.24 bits per heavy atom. The Labute approximate surface area is 234 Å². The number of nitrogens with zero attached hydrogens (tertiary/aromatic N) is 2. The van der Waals surface area contributed by atoms with Gasteiger partial charge in [0.15, 0.2) is 0 Å². The van der Waals surface area contributed by atoms with E-state index in [0.717, 1.165) is 18.2 Å². The molecule has 0 aromatic heterocycles. The van der Waals surface area contributed by atoms with Crippen molar-refractivity contribution >= 4 is 21.9 Å². The molecule has 0 atom stereocenters. The van der Waals surface area contributed by atoms with Crippen LogP contribution in [0.25, 0.3) is 0 Å². The molecule has 0 spiro atoms. The Hall–Kier alpha value is -3.76. The monoisotopic (exact) mass is 606 g/mol. The van der Waals surface area contributed by atoms with Crippen LogP contribution in [0.2, 0.25) is 0 Å². The molecule has 0 aliphatic carbocycles. The second kappa shape index (κ2) is 13.7. The second-order valence-electron chi connectivity index (χ2n) is 8.54. The summed E-state index contributed by atoms with van der Waals surface area (Å²) in [6.07, 6.45) is 0. The molecule has 0 saturated carbocycles. The minimum atomic E-state index is -5.80. The minimum absolute atomic E-state index is 0.0798. The van der Waals surface area contributed by atoms with Gasteiger partial charge in [-0.2, -0.15) is 21.6 Å². The van der Waals surface area contributed by atoms with Gasteiger partial charge >= 0.3 is 15.6 Å². The lowest BCUT2D eigenvalue weighted by molar-refractivity contribution is -0.0500. The lowest BCUT2D eigenvalue weighted by Crippen LogP contribution is -2.40. The standard InChI is InChI=1S/C13H14F3NO6S.C12H15NO4/c1-21-11-8-9(23-24(19,20)13(14,15)16)2-3-10(11)12(18)17-4-6-22-7-5-17;1-16-11-8-9(14)2-3-10(11)12(15)13-4-6-17-7-5-13/h2-3,8H,4-7H2,1H3;2-3,8,14H,4-7H2,1H3. The lowest BCUT2D eigenvalue weighted by atomic mass is 10.1. The van der Waals surface area contributed by atoms with Crippen molar-refractivity contribution < 1.29 is 59.4 Å². The summed E-state index contributed by atoms with van der Waals surface area (Å²) in [5, 5.41) is 9.34. The normalized spacial score (nSPS) is 15.8. The van der Waals surface area contributed by atoms with Gasteiger partial charge < -0.3 is 38.0 Å². The maximum atomic E-state index is 12.4. The van der Waals surface area contributed by atoms with Gasteiger partial charge in [-0.15, -0.1) is 0 Å². The molecule has 226 valence electrons. The Morgan fingerprint density at radius 3 is 1.68 bits per heavy atom. The van der Waals surface area contributed by atoms with E-state index in [2.05, 4.69) is 4.18 Å². The SMILES string of the molecule is COc1cc(O)ccc1C(=O)N1CCOCC1.COc1cc(OS(=O)(=O)C(F)(F)F)ccc1C(=O)N1CCOCC1. The number of carbonyl (C=O) groups excluding carboxylic acids is 2. The molecule has 1 N–H and O–H groups in total. The summed E-state index contributed by atoms with van der Waals surface area (Å²) in [5.74, 6) is -0.725. The van der Waals surface area contributed by atoms with Gasteiger partial charge in [-0.3, -0.25) is 9.59 Å². The molecule has 41 heavy (non-hydrogen) atoms. The zero-order chi connectivity index (χ0) is 30.2. The third kappa shape index (κ3) is 8.14. The highest BCUT2D eigenvalue weighted by Gasteiger charge is 2.48. The van der Waals surface area contributed by atoms with Crippen LogP contribution in [0.15, 0.2) is 36.4 Å². The number of aromatic hydroxyl groups is 1. The molecule has 2 aliphatic rings. The fourth-order valence-electron chi connectivity index (χ4n) is 3.80. The number of ether oxygens (including phenoxy) is 4. The number of methoxy groups -OCH3 is 2. The van der Waals surface area contributed by atoms with E-state index < -0.39 is 27.3 Å². The number of hydrogen-bond donors (Lipinski definition) is 1. The number of benzene rings is 2. The molecular formula is C25H29F3N2O10S. The highest BCUT2D eigenvalue weighted by Crippen LogP contribution is 2.31. The molecule has 0 bridgehead atoms. The average Bonchev–Trinajstić information content (AvgIpc) is 2.96. The van der Waals surface area contributed by atoms with Gasteiger partial charge in [-0.25, -0.2) is 0 Å². The molecule has 16 heteroatoms. The summed E-state index contributed by atoms with van der Waals surface area (Å²) >= 11 is 0. The third-order valence-electron chi connectivity index (χ3n) is 5.90. The van der Waals surface area contributed by atoms with E-state index in [9.17, 15) is 36.3 Å². The van der Waals surface area contributed by atoms with Crippen LogP contribution >= 0.6 is 0 Å². The summed E-state index contributed by atoms with van der Waals surface area (Å²) in [6, 6.07) is 7.52. The highest BCUT2D eigenvalue weighted by atomic mass is 32.2. The summed E-state index contributed by atoms with van der Waals surface area (Å²) in [4.78, 5) is 27.8. The van der Waals surface area contributed by atoms with Gasteiger partial charge in [-0.1, -0.05) is 0 Å². The molecule has 12 nitrogen and oxygen atoms in total. The Kier molecular flexibility index (Phi) is 10.6. The predicted octanol–water partition coefficient (Wildman–Crippen LogP) is 2.27. The summed E-state index contributed by atoms with van der Waals surface area (Å²) < 4.78 is 83.4. The molecule has 2 saturated heterocycles. The Bertz CT molecular complexity index is 1330. The summed E-state index contributed by atoms with van der Waals surface area (Å²) in [7, 11) is -3.12. The Balaban J connectivity index is 0.000000239. The van der Waals surface area contributed by atoms with Crippen LogP contribution in [0.4, 0.5) is 13.2 Å². The number of carbonyl (C=O) groups is 2. The fraction of sp³-hybridized carbons (Fsp3) is 0.440. The smallest absolute Gasteiger partial charge is 0.508 e. The van der Waals surface area contributed by atoms with E-state index in [4.69, 9.17) is 18.9 Å². The van der Waals surface area contributed by atoms with E-state index in [1.807, 2.05) is 0 Å². The van der Waals surface area contributed by atoms with Crippen LogP contribution in [-0.2, 0) is 19.6 Å². The molecule has 2 aromatic rings. The van der Waals surface area contributed by atoms with Crippen molar-refractivity contribution in [3.63, 3.8) is 0 Å². The van der Waals surface area contributed by atoms with E-state index in [-0.39, 0.29) is 23.0 Å².